The first kappa shape index (κ1) is 17.8. The van der Waals surface area contributed by atoms with Crippen molar-refractivity contribution in [2.24, 2.45) is 0 Å². The van der Waals surface area contributed by atoms with E-state index in [2.05, 4.69) is 10.3 Å². The standard InChI is InChI=1S/C19H17ClN2O4/c1-24-12-7-11(8-13(9-12)25-2)21-16-10-17(19(23)26-3)22-18-14(16)5-4-6-15(18)20/h4-10H,1-3H3,(H,21,22). The van der Waals surface area contributed by atoms with Gasteiger partial charge in [0.15, 0.2) is 5.69 Å². The van der Waals surface area contributed by atoms with Crippen molar-refractivity contribution in [1.29, 1.82) is 0 Å². The number of nitrogens with zero attached hydrogens (tertiary/aromatic N) is 1. The highest BCUT2D eigenvalue weighted by atomic mass is 35.5. The number of para-hydroxylation sites is 1. The van der Waals surface area contributed by atoms with Gasteiger partial charge in [-0.25, -0.2) is 9.78 Å². The Balaban J connectivity index is 2.15. The normalized spacial score (nSPS) is 10.5. The van der Waals surface area contributed by atoms with Gasteiger partial charge in [-0.1, -0.05) is 23.7 Å². The molecular formula is C19H17ClN2O4. The Morgan fingerprint density at radius 3 is 2.35 bits per heavy atom. The Labute approximate surface area is 155 Å². The number of halogens is 1. The first-order chi connectivity index (χ1) is 12.5. The van der Waals surface area contributed by atoms with E-state index in [1.807, 2.05) is 24.3 Å². The lowest BCUT2D eigenvalue weighted by Gasteiger charge is -2.14. The number of hydrogen-bond acceptors (Lipinski definition) is 6. The number of pyridine rings is 1. The Kier molecular flexibility index (Phi) is 5.14. The molecule has 0 aliphatic heterocycles. The van der Waals surface area contributed by atoms with Crippen molar-refractivity contribution in [3.05, 3.63) is 53.2 Å². The van der Waals surface area contributed by atoms with Crippen molar-refractivity contribution in [2.75, 3.05) is 26.6 Å². The number of nitrogens with one attached hydrogen (secondary N) is 1. The zero-order valence-electron chi connectivity index (χ0n) is 14.5. The van der Waals surface area contributed by atoms with Crippen molar-refractivity contribution in [2.45, 2.75) is 0 Å². The van der Waals surface area contributed by atoms with Gasteiger partial charge in [0.2, 0.25) is 0 Å². The molecular weight excluding hydrogens is 356 g/mol. The molecule has 0 amide bonds. The average molecular weight is 373 g/mol. The summed E-state index contributed by atoms with van der Waals surface area (Å²) in [6, 6.07) is 12.4. The summed E-state index contributed by atoms with van der Waals surface area (Å²) in [5, 5.41) is 4.49. The second-order valence-corrected chi connectivity index (χ2v) is 5.82. The molecule has 1 N–H and O–H groups in total. The lowest BCUT2D eigenvalue weighted by Crippen LogP contribution is -2.06. The van der Waals surface area contributed by atoms with Crippen LogP contribution in [0.4, 0.5) is 11.4 Å². The van der Waals surface area contributed by atoms with Crippen molar-refractivity contribution in [3.8, 4) is 11.5 Å². The highest BCUT2D eigenvalue weighted by Gasteiger charge is 2.15. The van der Waals surface area contributed by atoms with Crippen molar-refractivity contribution >= 4 is 39.8 Å². The third-order valence-corrected chi connectivity index (χ3v) is 4.12. The van der Waals surface area contributed by atoms with Crippen LogP contribution in [-0.4, -0.2) is 32.3 Å². The van der Waals surface area contributed by atoms with Crippen LogP contribution in [0.2, 0.25) is 5.02 Å². The predicted molar refractivity (Wildman–Crippen MR) is 101 cm³/mol. The Bertz CT molecular complexity index is 953. The predicted octanol–water partition coefficient (Wildman–Crippen LogP) is 4.44. The molecule has 0 aliphatic rings. The summed E-state index contributed by atoms with van der Waals surface area (Å²) >= 11 is 6.26. The lowest BCUT2D eigenvalue weighted by atomic mass is 10.1. The number of fused-ring (bicyclic) bond motifs is 1. The molecule has 6 nitrogen and oxygen atoms in total. The van der Waals surface area contributed by atoms with Crippen LogP contribution >= 0.6 is 11.6 Å². The van der Waals surface area contributed by atoms with Crippen LogP contribution in [0, 0.1) is 0 Å². The van der Waals surface area contributed by atoms with E-state index >= 15 is 0 Å². The van der Waals surface area contributed by atoms with Crippen molar-refractivity contribution in [3.63, 3.8) is 0 Å². The number of anilines is 2. The Morgan fingerprint density at radius 1 is 1.04 bits per heavy atom. The summed E-state index contributed by atoms with van der Waals surface area (Å²) in [6.45, 7) is 0. The van der Waals surface area contributed by atoms with Crippen LogP contribution in [-0.2, 0) is 4.74 Å². The Morgan fingerprint density at radius 2 is 1.73 bits per heavy atom. The first-order valence-corrected chi connectivity index (χ1v) is 8.11. The second kappa shape index (κ2) is 7.49. The molecule has 1 heterocycles. The summed E-state index contributed by atoms with van der Waals surface area (Å²) in [5.41, 5.74) is 2.05. The molecule has 0 spiro atoms. The largest absolute Gasteiger partial charge is 0.497 e. The molecule has 134 valence electrons. The number of methoxy groups -OCH3 is 3. The lowest BCUT2D eigenvalue weighted by molar-refractivity contribution is 0.0594. The number of esters is 1. The van der Waals surface area contributed by atoms with Crippen LogP contribution < -0.4 is 14.8 Å². The molecule has 3 rings (SSSR count). The number of ether oxygens (including phenoxy) is 3. The van der Waals surface area contributed by atoms with E-state index in [0.29, 0.717) is 27.7 Å². The number of carbonyl (C=O) groups excluding carboxylic acids is 1. The van der Waals surface area contributed by atoms with Crippen LogP contribution in [0.5, 0.6) is 11.5 Å². The summed E-state index contributed by atoms with van der Waals surface area (Å²) in [5.74, 6) is 0.728. The zero-order valence-corrected chi connectivity index (χ0v) is 15.3. The second-order valence-electron chi connectivity index (χ2n) is 5.41. The average Bonchev–Trinajstić information content (AvgIpc) is 2.67. The van der Waals surface area contributed by atoms with E-state index in [9.17, 15) is 4.79 Å². The highest BCUT2D eigenvalue weighted by Crippen LogP contribution is 2.33. The quantitative estimate of drug-likeness (QED) is 0.668. The minimum Gasteiger partial charge on any atom is -0.497 e. The van der Waals surface area contributed by atoms with Gasteiger partial charge in [0, 0.05) is 29.3 Å². The van der Waals surface area contributed by atoms with Gasteiger partial charge in [0.05, 0.1) is 37.6 Å². The van der Waals surface area contributed by atoms with E-state index in [1.54, 1.807) is 32.4 Å². The van der Waals surface area contributed by atoms with Gasteiger partial charge in [0.25, 0.3) is 0 Å². The number of benzene rings is 2. The number of aromatic nitrogens is 1. The van der Waals surface area contributed by atoms with Gasteiger partial charge in [0.1, 0.15) is 11.5 Å². The fourth-order valence-electron chi connectivity index (χ4n) is 2.56. The maximum atomic E-state index is 12.0. The molecule has 0 saturated carbocycles. The maximum absolute atomic E-state index is 12.0. The third kappa shape index (κ3) is 3.50. The van der Waals surface area contributed by atoms with Gasteiger partial charge < -0.3 is 19.5 Å². The summed E-state index contributed by atoms with van der Waals surface area (Å²) in [7, 11) is 4.46. The van der Waals surface area contributed by atoms with Crippen LogP contribution in [0.25, 0.3) is 10.9 Å². The van der Waals surface area contributed by atoms with Crippen LogP contribution in [0.3, 0.4) is 0 Å². The van der Waals surface area contributed by atoms with Crippen LogP contribution in [0.1, 0.15) is 10.5 Å². The molecule has 1 aromatic heterocycles. The van der Waals surface area contributed by atoms with Crippen molar-refractivity contribution < 1.29 is 19.0 Å². The van der Waals surface area contributed by atoms with E-state index in [4.69, 9.17) is 25.8 Å². The molecule has 0 saturated heterocycles. The van der Waals surface area contributed by atoms with E-state index in [1.165, 1.54) is 7.11 Å². The van der Waals surface area contributed by atoms with Gasteiger partial charge in [-0.2, -0.15) is 0 Å². The van der Waals surface area contributed by atoms with Crippen LogP contribution in [0.15, 0.2) is 42.5 Å². The van der Waals surface area contributed by atoms with E-state index < -0.39 is 5.97 Å². The third-order valence-electron chi connectivity index (χ3n) is 3.82. The monoisotopic (exact) mass is 372 g/mol. The molecule has 7 heteroatoms. The Hall–Kier alpha value is -2.99. The van der Waals surface area contributed by atoms with Gasteiger partial charge >= 0.3 is 5.97 Å². The van der Waals surface area contributed by atoms with Crippen molar-refractivity contribution in [1.82, 2.24) is 4.98 Å². The molecule has 0 aliphatic carbocycles. The van der Waals surface area contributed by atoms with E-state index in [-0.39, 0.29) is 5.69 Å². The smallest absolute Gasteiger partial charge is 0.356 e. The number of carbonyl (C=O) groups is 1. The summed E-state index contributed by atoms with van der Waals surface area (Å²) < 4.78 is 15.4. The summed E-state index contributed by atoms with van der Waals surface area (Å²) in [6.07, 6.45) is 0. The minimum atomic E-state index is -0.543. The topological polar surface area (TPSA) is 69.7 Å². The summed E-state index contributed by atoms with van der Waals surface area (Å²) in [4.78, 5) is 16.3. The molecule has 0 atom stereocenters. The van der Waals surface area contributed by atoms with Gasteiger partial charge in [-0.3, -0.25) is 0 Å². The SMILES string of the molecule is COC(=O)c1cc(Nc2cc(OC)cc(OC)c2)c2cccc(Cl)c2n1. The minimum absolute atomic E-state index is 0.158. The maximum Gasteiger partial charge on any atom is 0.356 e. The molecule has 26 heavy (non-hydrogen) atoms. The molecule has 2 aromatic carbocycles. The fraction of sp³-hybridized carbons (Fsp3) is 0.158. The molecule has 0 bridgehead atoms. The zero-order chi connectivity index (χ0) is 18.7. The first-order valence-electron chi connectivity index (χ1n) is 7.73. The molecule has 3 aromatic rings. The number of hydrogen-bond donors (Lipinski definition) is 1. The molecule has 0 unspecified atom stereocenters. The van der Waals surface area contributed by atoms with Gasteiger partial charge in [-0.15, -0.1) is 0 Å². The molecule has 0 radical (unpaired) electrons. The van der Waals surface area contributed by atoms with Gasteiger partial charge in [-0.05, 0) is 12.1 Å². The fourth-order valence-corrected chi connectivity index (χ4v) is 2.78. The number of rotatable bonds is 5. The highest BCUT2D eigenvalue weighted by molar-refractivity contribution is 6.35. The van der Waals surface area contributed by atoms with E-state index in [0.717, 1.165) is 11.1 Å². The molecule has 0 fully saturated rings.